The fourth-order valence-electron chi connectivity index (χ4n) is 1.26. The van der Waals surface area contributed by atoms with E-state index < -0.39 is 6.10 Å². The van der Waals surface area contributed by atoms with Crippen LogP contribution in [0.15, 0.2) is 18.2 Å². The zero-order valence-electron chi connectivity index (χ0n) is 10.2. The number of aliphatic hydroxyl groups excluding tert-OH is 1. The average Bonchev–Trinajstić information content (AvgIpc) is 2.36. The summed E-state index contributed by atoms with van der Waals surface area (Å²) in [7, 11) is 1.63. The zero-order chi connectivity index (χ0) is 13.4. The minimum atomic E-state index is -0.587. The van der Waals surface area contributed by atoms with Crippen molar-refractivity contribution in [1.29, 1.82) is 0 Å². The first-order chi connectivity index (χ1) is 8.63. The summed E-state index contributed by atoms with van der Waals surface area (Å²) in [6.45, 7) is 1.95. The Morgan fingerprint density at radius 1 is 1.33 bits per heavy atom. The summed E-state index contributed by atoms with van der Waals surface area (Å²) >= 11 is 11.6. The van der Waals surface area contributed by atoms with Gasteiger partial charge in [0.1, 0.15) is 18.5 Å². The Morgan fingerprint density at radius 2 is 2.11 bits per heavy atom. The van der Waals surface area contributed by atoms with Gasteiger partial charge in [0.05, 0.1) is 16.7 Å². The summed E-state index contributed by atoms with van der Waals surface area (Å²) in [6.07, 6.45) is -0.587. The van der Waals surface area contributed by atoms with Crippen molar-refractivity contribution in [2.45, 2.75) is 6.10 Å². The van der Waals surface area contributed by atoms with Crippen molar-refractivity contribution in [3.63, 3.8) is 0 Å². The van der Waals surface area contributed by atoms with E-state index in [9.17, 15) is 5.11 Å². The molecule has 1 aromatic rings. The maximum absolute atomic E-state index is 9.65. The topological polar surface area (TPSA) is 50.7 Å². The predicted octanol–water partition coefficient (Wildman–Crippen LogP) is 1.97. The van der Waals surface area contributed by atoms with Crippen LogP contribution in [0.1, 0.15) is 0 Å². The van der Waals surface area contributed by atoms with E-state index in [1.54, 1.807) is 25.3 Å². The highest BCUT2D eigenvalue weighted by Crippen LogP contribution is 2.26. The van der Waals surface area contributed by atoms with E-state index in [1.807, 2.05) is 0 Å². The molecule has 0 aliphatic heterocycles. The summed E-state index contributed by atoms with van der Waals surface area (Å²) in [4.78, 5) is 0. The molecule has 6 heteroatoms. The SMILES string of the molecule is COCCNCC(O)COc1ccc(Cl)c(Cl)c1. The van der Waals surface area contributed by atoms with Gasteiger partial charge in [-0.05, 0) is 12.1 Å². The summed E-state index contributed by atoms with van der Waals surface area (Å²) in [5, 5.41) is 13.6. The summed E-state index contributed by atoms with van der Waals surface area (Å²) in [5.41, 5.74) is 0. The van der Waals surface area contributed by atoms with Crippen molar-refractivity contribution in [2.75, 3.05) is 33.4 Å². The Labute approximate surface area is 117 Å². The molecule has 0 fully saturated rings. The van der Waals surface area contributed by atoms with Crippen LogP contribution in [0.25, 0.3) is 0 Å². The van der Waals surface area contributed by atoms with E-state index in [2.05, 4.69) is 5.32 Å². The molecule has 4 nitrogen and oxygen atoms in total. The molecule has 0 bridgehead atoms. The number of nitrogens with one attached hydrogen (secondary N) is 1. The fraction of sp³-hybridized carbons (Fsp3) is 0.500. The number of aliphatic hydroxyl groups is 1. The van der Waals surface area contributed by atoms with E-state index in [4.69, 9.17) is 32.7 Å². The van der Waals surface area contributed by atoms with Crippen LogP contribution in [0.2, 0.25) is 10.0 Å². The molecule has 0 heterocycles. The summed E-state index contributed by atoms with van der Waals surface area (Å²) in [6, 6.07) is 4.98. The largest absolute Gasteiger partial charge is 0.491 e. The summed E-state index contributed by atoms with van der Waals surface area (Å²) in [5.74, 6) is 0.584. The van der Waals surface area contributed by atoms with Gasteiger partial charge in [-0.3, -0.25) is 0 Å². The molecule has 1 aromatic carbocycles. The van der Waals surface area contributed by atoms with E-state index in [0.29, 0.717) is 35.5 Å². The molecule has 0 saturated carbocycles. The first kappa shape index (κ1) is 15.5. The molecule has 0 amide bonds. The van der Waals surface area contributed by atoms with Crippen LogP contribution in [0.5, 0.6) is 5.75 Å². The van der Waals surface area contributed by atoms with Crippen LogP contribution in [-0.2, 0) is 4.74 Å². The van der Waals surface area contributed by atoms with Crippen LogP contribution in [0.3, 0.4) is 0 Å². The van der Waals surface area contributed by atoms with E-state index >= 15 is 0 Å². The lowest BCUT2D eigenvalue weighted by Crippen LogP contribution is -2.33. The van der Waals surface area contributed by atoms with Gasteiger partial charge in [-0.15, -0.1) is 0 Å². The van der Waals surface area contributed by atoms with Gasteiger partial charge in [-0.1, -0.05) is 23.2 Å². The van der Waals surface area contributed by atoms with Crippen molar-refractivity contribution in [1.82, 2.24) is 5.32 Å². The molecule has 0 aliphatic rings. The van der Waals surface area contributed by atoms with Gasteiger partial charge in [0.15, 0.2) is 0 Å². The second kappa shape index (κ2) is 8.56. The van der Waals surface area contributed by atoms with E-state index in [1.165, 1.54) is 0 Å². The Morgan fingerprint density at radius 3 is 2.78 bits per heavy atom. The Hall–Kier alpha value is -0.520. The Bertz CT molecular complexity index is 363. The van der Waals surface area contributed by atoms with Crippen molar-refractivity contribution in [3.8, 4) is 5.75 Å². The third kappa shape index (κ3) is 5.89. The highest BCUT2D eigenvalue weighted by atomic mass is 35.5. The number of benzene rings is 1. The molecule has 102 valence electrons. The van der Waals surface area contributed by atoms with Gasteiger partial charge >= 0.3 is 0 Å². The van der Waals surface area contributed by atoms with Gasteiger partial charge in [0.25, 0.3) is 0 Å². The molecule has 0 aliphatic carbocycles. The molecule has 0 aromatic heterocycles. The number of hydrogen-bond donors (Lipinski definition) is 2. The molecule has 2 N–H and O–H groups in total. The van der Waals surface area contributed by atoms with Gasteiger partial charge in [-0.2, -0.15) is 0 Å². The standard InChI is InChI=1S/C12H17Cl2NO3/c1-17-5-4-15-7-9(16)8-18-10-2-3-11(13)12(14)6-10/h2-3,6,9,15-16H,4-5,7-8H2,1H3. The van der Waals surface area contributed by atoms with Crippen LogP contribution in [0.4, 0.5) is 0 Å². The minimum absolute atomic E-state index is 0.192. The lowest BCUT2D eigenvalue weighted by molar-refractivity contribution is 0.103. The number of ether oxygens (including phenoxy) is 2. The van der Waals surface area contributed by atoms with Crippen LogP contribution >= 0.6 is 23.2 Å². The second-order valence-electron chi connectivity index (χ2n) is 3.74. The normalized spacial score (nSPS) is 12.4. The quantitative estimate of drug-likeness (QED) is 0.720. The van der Waals surface area contributed by atoms with Crippen molar-refractivity contribution in [3.05, 3.63) is 28.2 Å². The fourth-order valence-corrected chi connectivity index (χ4v) is 1.55. The van der Waals surface area contributed by atoms with Gasteiger partial charge in [-0.25, -0.2) is 0 Å². The predicted molar refractivity (Wildman–Crippen MR) is 72.7 cm³/mol. The van der Waals surface area contributed by atoms with Gasteiger partial charge in [0, 0.05) is 26.3 Å². The first-order valence-electron chi connectivity index (χ1n) is 5.59. The molecule has 0 radical (unpaired) electrons. The highest BCUT2D eigenvalue weighted by molar-refractivity contribution is 6.42. The lowest BCUT2D eigenvalue weighted by Gasteiger charge is -2.13. The molecular formula is C12H17Cl2NO3. The van der Waals surface area contributed by atoms with Gasteiger partial charge < -0.3 is 19.9 Å². The molecule has 0 saturated heterocycles. The molecule has 1 unspecified atom stereocenters. The lowest BCUT2D eigenvalue weighted by atomic mass is 10.3. The van der Waals surface area contributed by atoms with Crippen molar-refractivity contribution >= 4 is 23.2 Å². The van der Waals surface area contributed by atoms with Gasteiger partial charge in [0.2, 0.25) is 0 Å². The number of hydrogen-bond acceptors (Lipinski definition) is 4. The first-order valence-corrected chi connectivity index (χ1v) is 6.34. The van der Waals surface area contributed by atoms with Crippen molar-refractivity contribution < 1.29 is 14.6 Å². The maximum Gasteiger partial charge on any atom is 0.121 e. The Kier molecular flexibility index (Phi) is 7.39. The average molecular weight is 294 g/mol. The number of halogens is 2. The van der Waals surface area contributed by atoms with Crippen molar-refractivity contribution in [2.24, 2.45) is 0 Å². The third-order valence-corrected chi connectivity index (χ3v) is 2.94. The van der Waals surface area contributed by atoms with E-state index in [0.717, 1.165) is 0 Å². The minimum Gasteiger partial charge on any atom is -0.491 e. The zero-order valence-corrected chi connectivity index (χ0v) is 11.7. The number of rotatable bonds is 8. The number of methoxy groups -OCH3 is 1. The van der Waals surface area contributed by atoms with Crippen LogP contribution in [0, 0.1) is 0 Å². The maximum atomic E-state index is 9.65. The molecule has 0 spiro atoms. The second-order valence-corrected chi connectivity index (χ2v) is 4.55. The summed E-state index contributed by atoms with van der Waals surface area (Å²) < 4.78 is 10.3. The molecule has 1 atom stereocenters. The Balaban J connectivity index is 2.24. The van der Waals surface area contributed by atoms with Crippen LogP contribution in [-0.4, -0.2) is 44.6 Å². The molecule has 18 heavy (non-hydrogen) atoms. The van der Waals surface area contributed by atoms with Crippen LogP contribution < -0.4 is 10.1 Å². The molecule has 1 rings (SSSR count). The van der Waals surface area contributed by atoms with E-state index in [-0.39, 0.29) is 6.61 Å². The third-order valence-electron chi connectivity index (χ3n) is 2.20. The monoisotopic (exact) mass is 293 g/mol. The molecular weight excluding hydrogens is 277 g/mol. The smallest absolute Gasteiger partial charge is 0.121 e. The highest BCUT2D eigenvalue weighted by Gasteiger charge is 2.06.